The number of carbonyl (C=O) groups excluding carboxylic acids is 1. The molecule has 5 nitrogen and oxygen atoms in total. The lowest BCUT2D eigenvalue weighted by molar-refractivity contribution is -0.143. The summed E-state index contributed by atoms with van der Waals surface area (Å²) in [5.74, 6) is -0.230. The van der Waals surface area contributed by atoms with Gasteiger partial charge in [-0.15, -0.1) is 0 Å². The summed E-state index contributed by atoms with van der Waals surface area (Å²) in [5.41, 5.74) is 2.53. The van der Waals surface area contributed by atoms with Gasteiger partial charge in [0.25, 0.3) is 5.91 Å². The van der Waals surface area contributed by atoms with E-state index in [1.165, 1.54) is 11.9 Å². The zero-order chi connectivity index (χ0) is 18.4. The zero-order valence-corrected chi connectivity index (χ0v) is 14.4. The zero-order valence-electron chi connectivity index (χ0n) is 14.4. The minimum atomic E-state index is -4.20. The number of nitrogens with one attached hydrogen (secondary N) is 1. The number of hydrogen-bond acceptors (Lipinski definition) is 4. The van der Waals surface area contributed by atoms with Gasteiger partial charge in [-0.2, -0.15) is 18.3 Å². The average molecular weight is 356 g/mol. The third kappa shape index (κ3) is 6.38. The van der Waals surface area contributed by atoms with E-state index < -0.39 is 12.7 Å². The smallest absolute Gasteiger partial charge is 0.352 e. The van der Waals surface area contributed by atoms with E-state index in [0.29, 0.717) is 18.5 Å². The summed E-state index contributed by atoms with van der Waals surface area (Å²) in [6, 6.07) is 7.13. The highest BCUT2D eigenvalue weighted by Crippen LogP contribution is 2.20. The van der Waals surface area contributed by atoms with Gasteiger partial charge in [0.15, 0.2) is 0 Å². The van der Waals surface area contributed by atoms with Crippen molar-refractivity contribution in [2.75, 3.05) is 38.2 Å². The number of anilines is 1. The maximum Gasteiger partial charge on any atom is 0.401 e. The minimum Gasteiger partial charge on any atom is -0.352 e. The Morgan fingerprint density at radius 1 is 1.32 bits per heavy atom. The van der Waals surface area contributed by atoms with E-state index in [9.17, 15) is 18.0 Å². The maximum atomic E-state index is 12.2. The van der Waals surface area contributed by atoms with Gasteiger partial charge in [0.1, 0.15) is 0 Å². The van der Waals surface area contributed by atoms with E-state index in [1.807, 2.05) is 24.1 Å². The Labute approximate surface area is 145 Å². The van der Waals surface area contributed by atoms with Crippen LogP contribution in [-0.2, 0) is 0 Å². The van der Waals surface area contributed by atoms with E-state index in [-0.39, 0.29) is 12.5 Å². The molecule has 0 aromatic heterocycles. The van der Waals surface area contributed by atoms with Gasteiger partial charge in [0.05, 0.1) is 12.2 Å². The molecule has 0 atom stereocenters. The molecule has 8 heteroatoms. The second-order valence-corrected chi connectivity index (χ2v) is 6.22. The average Bonchev–Trinajstić information content (AvgIpc) is 2.96. The first-order chi connectivity index (χ1) is 11.7. The van der Waals surface area contributed by atoms with E-state index in [4.69, 9.17) is 0 Å². The van der Waals surface area contributed by atoms with Crippen molar-refractivity contribution in [3.63, 3.8) is 0 Å². The molecule has 0 unspecified atom stereocenters. The van der Waals surface area contributed by atoms with E-state index in [1.54, 1.807) is 12.1 Å². The lowest BCUT2D eigenvalue weighted by atomic mass is 10.2. The van der Waals surface area contributed by atoms with Gasteiger partial charge in [-0.25, -0.2) is 0 Å². The van der Waals surface area contributed by atoms with Gasteiger partial charge in [-0.1, -0.05) is 0 Å². The topological polar surface area (TPSA) is 47.9 Å². The quantitative estimate of drug-likeness (QED) is 0.765. The third-order valence-electron chi connectivity index (χ3n) is 3.86. The number of nitrogens with zero attached hydrogens (tertiary/aromatic N) is 3. The van der Waals surface area contributed by atoms with Gasteiger partial charge in [-0.3, -0.25) is 14.7 Å². The van der Waals surface area contributed by atoms with Crippen LogP contribution in [0.4, 0.5) is 18.9 Å². The normalized spacial score (nSPS) is 14.8. The number of rotatable bonds is 7. The van der Waals surface area contributed by atoms with Crippen LogP contribution >= 0.6 is 0 Å². The highest BCUT2D eigenvalue weighted by Gasteiger charge is 2.28. The fourth-order valence-corrected chi connectivity index (χ4v) is 2.58. The Hall–Kier alpha value is -2.09. The van der Waals surface area contributed by atoms with Crippen molar-refractivity contribution in [2.24, 2.45) is 5.10 Å². The van der Waals surface area contributed by atoms with Crippen LogP contribution in [0, 0.1) is 0 Å². The van der Waals surface area contributed by atoms with Crippen molar-refractivity contribution < 1.29 is 18.0 Å². The molecule has 0 aliphatic carbocycles. The second-order valence-electron chi connectivity index (χ2n) is 6.22. The first-order valence-electron chi connectivity index (χ1n) is 8.20. The fourth-order valence-electron chi connectivity index (χ4n) is 2.58. The number of benzene rings is 1. The summed E-state index contributed by atoms with van der Waals surface area (Å²) >= 11 is 0. The Balaban J connectivity index is 1.74. The predicted molar refractivity (Wildman–Crippen MR) is 92.0 cm³/mol. The highest BCUT2D eigenvalue weighted by molar-refractivity contribution is 5.94. The molecule has 0 bridgehead atoms. The molecule has 1 aliphatic rings. The molecular formula is C17H23F3N4O. The second kappa shape index (κ2) is 8.33. The van der Waals surface area contributed by atoms with Crippen LogP contribution in [0.1, 0.15) is 30.1 Å². The number of carbonyl (C=O) groups is 1. The molecule has 1 N–H and O–H groups in total. The largest absolute Gasteiger partial charge is 0.401 e. The first kappa shape index (κ1) is 19.2. The van der Waals surface area contributed by atoms with Gasteiger partial charge < -0.3 is 5.32 Å². The molecule has 0 fully saturated rings. The lowest BCUT2D eigenvalue weighted by Gasteiger charge is -2.18. The van der Waals surface area contributed by atoms with Crippen molar-refractivity contribution in [1.82, 2.24) is 10.2 Å². The Morgan fingerprint density at radius 3 is 2.56 bits per heavy atom. The lowest BCUT2D eigenvalue weighted by Crippen LogP contribution is -2.33. The van der Waals surface area contributed by atoms with Crippen molar-refractivity contribution in [1.29, 1.82) is 0 Å². The van der Waals surface area contributed by atoms with E-state index in [0.717, 1.165) is 24.4 Å². The standard InChI is InChI=1S/C17H23F3N4O/c1-13-8-11-24(22-13)15-6-4-14(5-7-15)16(25)21-9-3-10-23(2)12-17(18,19)20/h4-7H,3,8-12H2,1-2H3,(H,21,25). The van der Waals surface area contributed by atoms with E-state index >= 15 is 0 Å². The van der Waals surface area contributed by atoms with Crippen molar-refractivity contribution in [2.45, 2.75) is 25.9 Å². The monoisotopic (exact) mass is 356 g/mol. The molecule has 0 saturated carbocycles. The molecule has 2 rings (SSSR count). The molecule has 25 heavy (non-hydrogen) atoms. The number of halogens is 3. The minimum absolute atomic E-state index is 0.230. The van der Waals surface area contributed by atoms with E-state index in [2.05, 4.69) is 10.4 Å². The first-order valence-corrected chi connectivity index (χ1v) is 8.20. The molecule has 1 aromatic carbocycles. The number of hydrogen-bond donors (Lipinski definition) is 1. The summed E-state index contributed by atoms with van der Waals surface area (Å²) < 4.78 is 36.6. The molecule has 1 aromatic rings. The van der Waals surface area contributed by atoms with Crippen LogP contribution in [0.3, 0.4) is 0 Å². The van der Waals surface area contributed by atoms with Gasteiger partial charge in [0, 0.05) is 30.8 Å². The number of alkyl halides is 3. The van der Waals surface area contributed by atoms with Crippen LogP contribution in [0.2, 0.25) is 0 Å². The van der Waals surface area contributed by atoms with Crippen LogP contribution in [0.25, 0.3) is 0 Å². The molecule has 1 amide bonds. The third-order valence-corrected chi connectivity index (χ3v) is 3.86. The Kier molecular flexibility index (Phi) is 6.41. The van der Waals surface area contributed by atoms with Crippen LogP contribution in [0.15, 0.2) is 29.4 Å². The number of hydrazone groups is 1. The van der Waals surface area contributed by atoms with Crippen molar-refractivity contribution in [3.05, 3.63) is 29.8 Å². The van der Waals surface area contributed by atoms with Crippen molar-refractivity contribution in [3.8, 4) is 0 Å². The van der Waals surface area contributed by atoms with Crippen molar-refractivity contribution >= 4 is 17.3 Å². The molecular weight excluding hydrogens is 333 g/mol. The Bertz CT molecular complexity index is 613. The van der Waals surface area contributed by atoms with Gasteiger partial charge in [0.2, 0.25) is 0 Å². The maximum absolute atomic E-state index is 12.2. The van der Waals surface area contributed by atoms with Crippen LogP contribution < -0.4 is 10.3 Å². The summed E-state index contributed by atoms with van der Waals surface area (Å²) in [4.78, 5) is 13.3. The summed E-state index contributed by atoms with van der Waals surface area (Å²) in [5, 5.41) is 9.02. The highest BCUT2D eigenvalue weighted by atomic mass is 19.4. The SMILES string of the molecule is CC1=NN(c2ccc(C(=O)NCCCN(C)CC(F)(F)F)cc2)CC1. The molecule has 0 spiro atoms. The van der Waals surface area contributed by atoms with Crippen LogP contribution in [0.5, 0.6) is 0 Å². The van der Waals surface area contributed by atoms with Gasteiger partial charge in [-0.05, 0) is 51.2 Å². The Morgan fingerprint density at radius 2 is 2.00 bits per heavy atom. The summed E-state index contributed by atoms with van der Waals surface area (Å²) in [6.07, 6.45) is -2.80. The molecule has 138 valence electrons. The van der Waals surface area contributed by atoms with Gasteiger partial charge >= 0.3 is 6.18 Å². The summed E-state index contributed by atoms with van der Waals surface area (Å²) in [6.45, 7) is 2.47. The fraction of sp³-hybridized carbons (Fsp3) is 0.529. The number of amides is 1. The molecule has 0 radical (unpaired) electrons. The van der Waals surface area contributed by atoms with Crippen LogP contribution in [-0.4, -0.2) is 55.9 Å². The summed E-state index contributed by atoms with van der Waals surface area (Å²) in [7, 11) is 1.41. The molecule has 0 saturated heterocycles. The molecule has 1 aliphatic heterocycles. The predicted octanol–water partition coefficient (Wildman–Crippen LogP) is 2.89. The molecule has 1 heterocycles.